The topological polar surface area (TPSA) is 59.0 Å². The number of para-hydroxylation sites is 1. The maximum Gasteiger partial charge on any atom is 0.276 e. The smallest absolute Gasteiger partial charge is 0.276 e. The quantitative estimate of drug-likeness (QED) is 0.471. The van der Waals surface area contributed by atoms with E-state index in [1.54, 1.807) is 16.9 Å². The highest BCUT2D eigenvalue weighted by molar-refractivity contribution is 7.80. The van der Waals surface area contributed by atoms with E-state index in [2.05, 4.69) is 27.9 Å². The molecular weight excluding hydrogens is 392 g/mol. The molecule has 1 heterocycles. The molecule has 3 aromatic carbocycles. The Balaban J connectivity index is 1.37. The van der Waals surface area contributed by atoms with Gasteiger partial charge in [0.25, 0.3) is 5.91 Å². The van der Waals surface area contributed by atoms with Gasteiger partial charge >= 0.3 is 0 Å². The first-order valence-corrected chi connectivity index (χ1v) is 9.94. The summed E-state index contributed by atoms with van der Waals surface area (Å²) in [7, 11) is 0. The number of nitrogens with one attached hydrogen (secondary N) is 2. The molecule has 4 rings (SSSR count). The van der Waals surface area contributed by atoms with Crippen molar-refractivity contribution < 1.29 is 4.79 Å². The standard InChI is InChI=1S/C24H20N4OS/c29-23(22-15-16-25-28(22)21-9-5-2-6-10-21)27-24(30)26-20-13-11-19(12-14-20)17-18-7-3-1-4-8-18/h1-16H,17H2,(H2,26,27,29,30). The number of thiocarbonyl (C=S) groups is 1. The Morgan fingerprint density at radius 1 is 0.833 bits per heavy atom. The lowest BCUT2D eigenvalue weighted by atomic mass is 10.1. The first kappa shape index (κ1) is 19.5. The minimum absolute atomic E-state index is 0.233. The second kappa shape index (κ2) is 9.15. The van der Waals surface area contributed by atoms with Crippen molar-refractivity contribution in [3.63, 3.8) is 0 Å². The van der Waals surface area contributed by atoms with Crippen molar-refractivity contribution in [3.8, 4) is 5.69 Å². The molecule has 0 aliphatic heterocycles. The van der Waals surface area contributed by atoms with Gasteiger partial charge in [0.2, 0.25) is 0 Å². The average Bonchev–Trinajstić information content (AvgIpc) is 3.27. The maximum absolute atomic E-state index is 12.7. The molecule has 0 fully saturated rings. The third-order valence-corrected chi connectivity index (χ3v) is 4.77. The highest BCUT2D eigenvalue weighted by Gasteiger charge is 2.14. The number of carbonyl (C=O) groups is 1. The highest BCUT2D eigenvalue weighted by atomic mass is 32.1. The summed E-state index contributed by atoms with van der Waals surface area (Å²) in [5, 5.41) is 10.2. The van der Waals surface area contributed by atoms with Gasteiger partial charge in [-0.2, -0.15) is 5.10 Å². The predicted octanol–water partition coefficient (Wildman–Crippen LogP) is 4.59. The van der Waals surface area contributed by atoms with Crippen molar-refractivity contribution in [3.05, 3.63) is 114 Å². The molecule has 0 radical (unpaired) electrons. The second-order valence-corrected chi connectivity index (χ2v) is 7.14. The fourth-order valence-corrected chi connectivity index (χ4v) is 3.33. The van der Waals surface area contributed by atoms with Gasteiger partial charge in [0.1, 0.15) is 5.69 Å². The molecule has 1 aromatic heterocycles. The fraction of sp³-hybridized carbons (Fsp3) is 0.0417. The Bertz CT molecular complexity index is 1140. The predicted molar refractivity (Wildman–Crippen MR) is 123 cm³/mol. The fourth-order valence-electron chi connectivity index (χ4n) is 3.12. The summed E-state index contributed by atoms with van der Waals surface area (Å²) in [6.45, 7) is 0. The monoisotopic (exact) mass is 412 g/mol. The SMILES string of the molecule is O=C(NC(=S)Nc1ccc(Cc2ccccc2)cc1)c1ccnn1-c1ccccc1. The number of hydrogen-bond donors (Lipinski definition) is 2. The second-order valence-electron chi connectivity index (χ2n) is 6.73. The number of nitrogens with zero attached hydrogens (tertiary/aromatic N) is 2. The Labute approximate surface area is 180 Å². The molecule has 0 spiro atoms. The molecule has 0 bridgehead atoms. The van der Waals surface area contributed by atoms with Crippen LogP contribution in [0.2, 0.25) is 0 Å². The Morgan fingerprint density at radius 2 is 1.47 bits per heavy atom. The van der Waals surface area contributed by atoms with Crippen LogP contribution in [0.5, 0.6) is 0 Å². The summed E-state index contributed by atoms with van der Waals surface area (Å²) in [5.74, 6) is -0.324. The summed E-state index contributed by atoms with van der Waals surface area (Å²) in [6.07, 6.45) is 2.45. The summed E-state index contributed by atoms with van der Waals surface area (Å²) < 4.78 is 1.58. The lowest BCUT2D eigenvalue weighted by molar-refractivity contribution is 0.0970. The largest absolute Gasteiger partial charge is 0.332 e. The first-order chi connectivity index (χ1) is 14.7. The molecule has 1 amide bonds. The number of carbonyl (C=O) groups excluding carboxylic acids is 1. The van der Waals surface area contributed by atoms with E-state index in [-0.39, 0.29) is 11.0 Å². The molecule has 5 nitrogen and oxygen atoms in total. The molecular formula is C24H20N4OS. The van der Waals surface area contributed by atoms with Gasteiger partial charge in [0.05, 0.1) is 11.9 Å². The Kier molecular flexibility index (Phi) is 5.96. The summed E-state index contributed by atoms with van der Waals surface area (Å²) in [5.41, 5.74) is 4.49. The summed E-state index contributed by atoms with van der Waals surface area (Å²) >= 11 is 5.31. The van der Waals surface area contributed by atoms with Crippen LogP contribution in [0, 0.1) is 0 Å². The van der Waals surface area contributed by atoms with Crippen molar-refractivity contribution in [2.24, 2.45) is 0 Å². The van der Waals surface area contributed by atoms with Crippen LogP contribution in [-0.2, 0) is 6.42 Å². The normalized spacial score (nSPS) is 10.4. The molecule has 4 aromatic rings. The van der Waals surface area contributed by atoms with Crippen LogP contribution in [0.1, 0.15) is 21.6 Å². The first-order valence-electron chi connectivity index (χ1n) is 9.54. The van der Waals surface area contributed by atoms with E-state index in [9.17, 15) is 4.79 Å². The lowest BCUT2D eigenvalue weighted by Crippen LogP contribution is -2.35. The van der Waals surface area contributed by atoms with Crippen LogP contribution < -0.4 is 10.6 Å². The number of rotatable bonds is 5. The van der Waals surface area contributed by atoms with Crippen molar-refractivity contribution in [1.29, 1.82) is 0 Å². The molecule has 0 saturated heterocycles. The van der Waals surface area contributed by atoms with E-state index >= 15 is 0 Å². The zero-order chi connectivity index (χ0) is 20.8. The molecule has 148 valence electrons. The van der Waals surface area contributed by atoms with Crippen molar-refractivity contribution >= 4 is 28.9 Å². The van der Waals surface area contributed by atoms with Crippen molar-refractivity contribution in [1.82, 2.24) is 15.1 Å². The van der Waals surface area contributed by atoms with Crippen LogP contribution in [0.3, 0.4) is 0 Å². The van der Waals surface area contributed by atoms with Crippen LogP contribution in [0.25, 0.3) is 5.69 Å². The van der Waals surface area contributed by atoms with Gasteiger partial charge in [-0.3, -0.25) is 10.1 Å². The van der Waals surface area contributed by atoms with Gasteiger partial charge in [0.15, 0.2) is 5.11 Å². The van der Waals surface area contributed by atoms with Crippen LogP contribution in [-0.4, -0.2) is 20.8 Å². The molecule has 0 atom stereocenters. The van der Waals surface area contributed by atoms with Crippen LogP contribution >= 0.6 is 12.2 Å². The van der Waals surface area contributed by atoms with E-state index in [4.69, 9.17) is 12.2 Å². The van der Waals surface area contributed by atoms with Crippen molar-refractivity contribution in [2.45, 2.75) is 6.42 Å². The van der Waals surface area contributed by atoms with Gasteiger partial charge in [-0.1, -0.05) is 60.7 Å². The molecule has 0 aliphatic rings. The number of amides is 1. The Morgan fingerprint density at radius 3 is 2.17 bits per heavy atom. The van der Waals surface area contributed by atoms with Crippen molar-refractivity contribution in [2.75, 3.05) is 5.32 Å². The number of anilines is 1. The third kappa shape index (κ3) is 4.79. The number of aromatic nitrogens is 2. The number of hydrogen-bond acceptors (Lipinski definition) is 3. The van der Waals surface area contributed by atoms with Gasteiger partial charge in [0, 0.05) is 5.69 Å². The summed E-state index contributed by atoms with van der Waals surface area (Å²) in [6, 6.07) is 29.4. The van der Waals surface area contributed by atoms with E-state index in [0.29, 0.717) is 5.69 Å². The molecule has 30 heavy (non-hydrogen) atoms. The highest BCUT2D eigenvalue weighted by Crippen LogP contribution is 2.14. The number of benzene rings is 3. The molecule has 0 aliphatic carbocycles. The minimum atomic E-state index is -0.324. The lowest BCUT2D eigenvalue weighted by Gasteiger charge is -2.11. The molecule has 0 saturated carbocycles. The van der Waals surface area contributed by atoms with Gasteiger partial charge < -0.3 is 5.32 Å². The van der Waals surface area contributed by atoms with E-state index in [1.807, 2.05) is 72.8 Å². The zero-order valence-corrected chi connectivity index (χ0v) is 17.0. The average molecular weight is 413 g/mol. The van der Waals surface area contributed by atoms with Gasteiger partial charge in [-0.25, -0.2) is 4.68 Å². The van der Waals surface area contributed by atoms with Gasteiger partial charge in [-0.15, -0.1) is 0 Å². The molecule has 6 heteroatoms. The van der Waals surface area contributed by atoms with E-state index in [1.165, 1.54) is 11.1 Å². The minimum Gasteiger partial charge on any atom is -0.332 e. The maximum atomic E-state index is 12.7. The molecule has 0 unspecified atom stereocenters. The zero-order valence-electron chi connectivity index (χ0n) is 16.2. The van der Waals surface area contributed by atoms with Crippen LogP contribution in [0.4, 0.5) is 5.69 Å². The Hall–Kier alpha value is -3.77. The van der Waals surface area contributed by atoms with E-state index < -0.39 is 0 Å². The summed E-state index contributed by atoms with van der Waals surface area (Å²) in [4.78, 5) is 12.7. The van der Waals surface area contributed by atoms with E-state index in [0.717, 1.165) is 17.8 Å². The third-order valence-electron chi connectivity index (χ3n) is 4.57. The molecule has 2 N–H and O–H groups in total. The van der Waals surface area contributed by atoms with Crippen LogP contribution in [0.15, 0.2) is 97.2 Å². The van der Waals surface area contributed by atoms with Gasteiger partial charge in [-0.05, 0) is 60.1 Å².